The lowest BCUT2D eigenvalue weighted by atomic mass is 9.96. The van der Waals surface area contributed by atoms with E-state index >= 15 is 0 Å². The van der Waals surface area contributed by atoms with Crippen LogP contribution in [0.4, 0.5) is 0 Å². The van der Waals surface area contributed by atoms with Crippen LogP contribution in [0.2, 0.25) is 0 Å². The number of halogens is 1. The molecule has 2 rings (SSSR count). The largest absolute Gasteiger partial charge is 0.349 e. The van der Waals surface area contributed by atoms with Gasteiger partial charge >= 0.3 is 0 Å². The molecule has 0 radical (unpaired) electrons. The number of nitrogens with one attached hydrogen (secondary N) is 2. The Hall–Kier alpha value is -0.870. The van der Waals surface area contributed by atoms with Crippen molar-refractivity contribution in [2.45, 2.75) is 26.3 Å². The van der Waals surface area contributed by atoms with E-state index in [1.165, 1.54) is 0 Å². The molecule has 4 heteroatoms. The second-order valence-electron chi connectivity index (χ2n) is 5.26. The molecule has 1 fully saturated rings. The van der Waals surface area contributed by atoms with Crippen molar-refractivity contribution < 1.29 is 4.79 Å². The van der Waals surface area contributed by atoms with Crippen molar-refractivity contribution in [1.29, 1.82) is 0 Å². The molecule has 0 aliphatic carbocycles. The number of hydrogen-bond donors (Lipinski definition) is 2. The van der Waals surface area contributed by atoms with Gasteiger partial charge in [0, 0.05) is 11.0 Å². The Labute approximate surface area is 123 Å². The highest BCUT2D eigenvalue weighted by molar-refractivity contribution is 9.10. The van der Waals surface area contributed by atoms with Gasteiger partial charge in [0.25, 0.3) is 0 Å². The molecule has 1 amide bonds. The summed E-state index contributed by atoms with van der Waals surface area (Å²) in [6, 6.07) is 8.27. The molecule has 2 N–H and O–H groups in total. The van der Waals surface area contributed by atoms with Crippen LogP contribution in [0.25, 0.3) is 0 Å². The highest BCUT2D eigenvalue weighted by atomic mass is 79.9. The predicted octanol–water partition coefficient (Wildman–Crippen LogP) is 2.87. The summed E-state index contributed by atoms with van der Waals surface area (Å²) in [5.41, 5.74) is 1.16. The van der Waals surface area contributed by atoms with Gasteiger partial charge in [0.15, 0.2) is 0 Å². The normalized spacial score (nSPS) is 24.2. The Morgan fingerprint density at radius 2 is 2.11 bits per heavy atom. The second-order valence-corrected chi connectivity index (χ2v) is 6.18. The number of benzene rings is 1. The fourth-order valence-corrected chi connectivity index (χ4v) is 2.82. The maximum atomic E-state index is 12.3. The fourth-order valence-electron chi connectivity index (χ4n) is 2.56. The van der Waals surface area contributed by atoms with Crippen LogP contribution in [-0.2, 0) is 4.79 Å². The van der Waals surface area contributed by atoms with Gasteiger partial charge in [0.05, 0.1) is 12.0 Å². The molecule has 1 unspecified atom stereocenters. The van der Waals surface area contributed by atoms with Crippen LogP contribution in [0.1, 0.15) is 31.9 Å². The number of amides is 1. The van der Waals surface area contributed by atoms with Gasteiger partial charge in [-0.25, -0.2) is 0 Å². The summed E-state index contributed by atoms with van der Waals surface area (Å²) in [6.45, 7) is 5.96. The molecule has 3 nitrogen and oxygen atoms in total. The number of carbonyl (C=O) groups excluding carboxylic acids is 1. The Balaban J connectivity index is 2.02. The van der Waals surface area contributed by atoms with Crippen LogP contribution < -0.4 is 10.6 Å². The van der Waals surface area contributed by atoms with E-state index in [0.717, 1.165) is 29.5 Å². The quantitative estimate of drug-likeness (QED) is 0.894. The predicted molar refractivity (Wildman–Crippen MR) is 80.8 cm³/mol. The molecule has 104 valence electrons. The molecule has 0 aromatic heterocycles. The van der Waals surface area contributed by atoms with Crippen LogP contribution in [0.15, 0.2) is 28.7 Å². The first-order valence-corrected chi connectivity index (χ1v) is 7.67. The SMILES string of the molecule is CCC(NC(=O)[C@@H]1CNC[C@H]1C)c1ccc(Br)cc1. The van der Waals surface area contributed by atoms with Crippen molar-refractivity contribution >= 4 is 21.8 Å². The molecule has 3 atom stereocenters. The van der Waals surface area contributed by atoms with Gasteiger partial charge in [-0.1, -0.05) is 41.9 Å². The summed E-state index contributed by atoms with van der Waals surface area (Å²) in [7, 11) is 0. The summed E-state index contributed by atoms with van der Waals surface area (Å²) in [5.74, 6) is 0.694. The first-order chi connectivity index (χ1) is 9.11. The van der Waals surface area contributed by atoms with E-state index in [4.69, 9.17) is 0 Å². The second kappa shape index (κ2) is 6.53. The lowest BCUT2D eigenvalue weighted by Gasteiger charge is -2.21. The van der Waals surface area contributed by atoms with Gasteiger partial charge in [0.1, 0.15) is 0 Å². The molecular formula is C15H21BrN2O. The minimum atomic E-state index is 0.101. The summed E-state index contributed by atoms with van der Waals surface area (Å²) in [4.78, 5) is 12.3. The monoisotopic (exact) mass is 324 g/mol. The molecule has 1 heterocycles. The molecule has 1 aliphatic heterocycles. The van der Waals surface area contributed by atoms with E-state index in [1.807, 2.05) is 12.1 Å². The first kappa shape index (κ1) is 14.5. The number of hydrogen-bond acceptors (Lipinski definition) is 2. The van der Waals surface area contributed by atoms with Crippen molar-refractivity contribution in [3.05, 3.63) is 34.3 Å². The lowest BCUT2D eigenvalue weighted by Crippen LogP contribution is -2.36. The Morgan fingerprint density at radius 3 is 2.63 bits per heavy atom. The van der Waals surface area contributed by atoms with E-state index in [9.17, 15) is 4.79 Å². The molecule has 19 heavy (non-hydrogen) atoms. The van der Waals surface area contributed by atoms with E-state index in [1.54, 1.807) is 0 Å². The highest BCUT2D eigenvalue weighted by Crippen LogP contribution is 2.22. The molecule has 1 aromatic rings. The van der Waals surface area contributed by atoms with Crippen molar-refractivity contribution in [3.63, 3.8) is 0 Å². The summed E-state index contributed by atoms with van der Waals surface area (Å²) >= 11 is 3.43. The van der Waals surface area contributed by atoms with E-state index in [-0.39, 0.29) is 17.9 Å². The van der Waals surface area contributed by atoms with E-state index in [0.29, 0.717) is 5.92 Å². The average Bonchev–Trinajstić information content (AvgIpc) is 2.83. The Morgan fingerprint density at radius 1 is 1.42 bits per heavy atom. The van der Waals surface area contributed by atoms with E-state index in [2.05, 4.69) is 52.5 Å². The van der Waals surface area contributed by atoms with Crippen LogP contribution in [0.3, 0.4) is 0 Å². The molecule has 1 aliphatic rings. The van der Waals surface area contributed by atoms with Crippen molar-refractivity contribution in [1.82, 2.24) is 10.6 Å². The van der Waals surface area contributed by atoms with Gasteiger partial charge in [0.2, 0.25) is 5.91 Å². The van der Waals surface area contributed by atoms with Gasteiger partial charge in [-0.2, -0.15) is 0 Å². The third kappa shape index (κ3) is 3.57. The maximum Gasteiger partial charge on any atom is 0.225 e. The molecule has 0 spiro atoms. The topological polar surface area (TPSA) is 41.1 Å². The molecule has 1 saturated heterocycles. The summed E-state index contributed by atoms with van der Waals surface area (Å²) in [5, 5.41) is 6.46. The maximum absolute atomic E-state index is 12.3. The lowest BCUT2D eigenvalue weighted by molar-refractivity contribution is -0.126. The zero-order valence-electron chi connectivity index (χ0n) is 11.4. The molecular weight excluding hydrogens is 304 g/mol. The van der Waals surface area contributed by atoms with Crippen molar-refractivity contribution in [3.8, 4) is 0 Å². The zero-order valence-corrected chi connectivity index (χ0v) is 13.0. The molecule has 1 aromatic carbocycles. The minimum Gasteiger partial charge on any atom is -0.349 e. The standard InChI is InChI=1S/C15H21BrN2O/c1-3-14(11-4-6-12(16)7-5-11)18-15(19)13-9-17-8-10(13)2/h4-7,10,13-14,17H,3,8-9H2,1-2H3,(H,18,19)/t10-,13-,14?/m1/s1. The van der Waals surface area contributed by atoms with Crippen LogP contribution >= 0.6 is 15.9 Å². The third-order valence-corrected chi connectivity index (χ3v) is 4.38. The number of rotatable bonds is 4. The first-order valence-electron chi connectivity index (χ1n) is 6.88. The molecule has 0 saturated carbocycles. The Bertz CT molecular complexity index is 432. The van der Waals surface area contributed by atoms with Gasteiger partial charge < -0.3 is 10.6 Å². The average molecular weight is 325 g/mol. The number of carbonyl (C=O) groups is 1. The van der Waals surface area contributed by atoms with Gasteiger partial charge in [-0.05, 0) is 36.6 Å². The van der Waals surface area contributed by atoms with Gasteiger partial charge in [-0.3, -0.25) is 4.79 Å². The van der Waals surface area contributed by atoms with Crippen molar-refractivity contribution in [2.24, 2.45) is 11.8 Å². The fraction of sp³-hybridized carbons (Fsp3) is 0.533. The van der Waals surface area contributed by atoms with Crippen LogP contribution in [0.5, 0.6) is 0 Å². The van der Waals surface area contributed by atoms with Crippen molar-refractivity contribution in [2.75, 3.05) is 13.1 Å². The summed E-state index contributed by atoms with van der Waals surface area (Å²) in [6.07, 6.45) is 0.905. The van der Waals surface area contributed by atoms with Crippen LogP contribution in [-0.4, -0.2) is 19.0 Å². The highest BCUT2D eigenvalue weighted by Gasteiger charge is 2.30. The molecule has 0 bridgehead atoms. The minimum absolute atomic E-state index is 0.101. The zero-order chi connectivity index (χ0) is 13.8. The Kier molecular flexibility index (Phi) is 4.99. The summed E-state index contributed by atoms with van der Waals surface area (Å²) < 4.78 is 1.06. The smallest absolute Gasteiger partial charge is 0.225 e. The van der Waals surface area contributed by atoms with E-state index < -0.39 is 0 Å². The van der Waals surface area contributed by atoms with Gasteiger partial charge in [-0.15, -0.1) is 0 Å². The third-order valence-electron chi connectivity index (χ3n) is 3.85. The van der Waals surface area contributed by atoms with Crippen LogP contribution in [0, 0.1) is 11.8 Å².